The smallest absolute Gasteiger partial charge is 0.309 e. The lowest BCUT2D eigenvalue weighted by molar-refractivity contribution is -0.160. The third-order valence-electron chi connectivity index (χ3n) is 5.25. The molecule has 0 radical (unpaired) electrons. The molecule has 0 N–H and O–H groups in total. The van der Waals surface area contributed by atoms with Crippen molar-refractivity contribution in [1.29, 1.82) is 0 Å². The van der Waals surface area contributed by atoms with Gasteiger partial charge in [-0.3, -0.25) is 14.6 Å². The molecule has 2 rings (SSSR count). The molecular weight excluding hydrogens is 470 g/mol. The Hall–Kier alpha value is -3.20. The van der Waals surface area contributed by atoms with Crippen molar-refractivity contribution in [3.63, 3.8) is 0 Å². The van der Waals surface area contributed by atoms with Crippen LogP contribution in [0.5, 0.6) is 23.0 Å². The summed E-state index contributed by atoms with van der Waals surface area (Å²) in [6.45, 7) is 8.80. The maximum atomic E-state index is 13.0. The highest BCUT2D eigenvalue weighted by Gasteiger charge is 2.30. The van der Waals surface area contributed by atoms with Crippen LogP contribution >= 0.6 is 12.2 Å². The van der Waals surface area contributed by atoms with E-state index in [4.69, 9.17) is 35.9 Å². The second-order valence-corrected chi connectivity index (χ2v) is 8.95. The summed E-state index contributed by atoms with van der Waals surface area (Å²) >= 11 is 5.54. The van der Waals surface area contributed by atoms with Crippen molar-refractivity contribution >= 4 is 29.0 Å². The van der Waals surface area contributed by atoms with Crippen molar-refractivity contribution in [2.24, 2.45) is 11.8 Å². The quantitative estimate of drug-likeness (QED) is 0.230. The number of rotatable bonds is 12. The standard InChI is InChI=1S/C26H33NO7S/c1-15(2)24(17(4)32-20-10-8-19(30-6)9-11-20)34-26(29)16(3)14-22(35)23-25(33-18(5)28)21(31-7)12-13-27-23/h8-13,15-17,24H,14H2,1-7H3/t16-,17+,24-/m1/s1. The zero-order valence-electron chi connectivity index (χ0n) is 21.2. The highest BCUT2D eigenvalue weighted by molar-refractivity contribution is 7.80. The Morgan fingerprint density at radius 1 is 0.971 bits per heavy atom. The number of hydrogen-bond donors (Lipinski definition) is 0. The van der Waals surface area contributed by atoms with Crippen LogP contribution in [0.25, 0.3) is 0 Å². The van der Waals surface area contributed by atoms with E-state index in [0.717, 1.165) is 5.75 Å². The molecule has 1 heterocycles. The van der Waals surface area contributed by atoms with E-state index in [9.17, 15) is 9.59 Å². The minimum Gasteiger partial charge on any atom is -0.497 e. The van der Waals surface area contributed by atoms with Crippen LogP contribution in [0.15, 0.2) is 36.5 Å². The molecule has 0 aliphatic rings. The van der Waals surface area contributed by atoms with Crippen LogP contribution in [0.3, 0.4) is 0 Å². The van der Waals surface area contributed by atoms with E-state index in [1.165, 1.54) is 20.2 Å². The Morgan fingerprint density at radius 3 is 2.14 bits per heavy atom. The summed E-state index contributed by atoms with van der Waals surface area (Å²) in [6.07, 6.45) is 0.819. The summed E-state index contributed by atoms with van der Waals surface area (Å²) in [6, 6.07) is 8.78. The van der Waals surface area contributed by atoms with Crippen LogP contribution in [0.1, 0.15) is 46.7 Å². The maximum Gasteiger partial charge on any atom is 0.309 e. The van der Waals surface area contributed by atoms with Crippen molar-refractivity contribution in [2.45, 2.75) is 53.2 Å². The van der Waals surface area contributed by atoms with Crippen molar-refractivity contribution in [3.05, 3.63) is 42.2 Å². The molecule has 0 spiro atoms. The van der Waals surface area contributed by atoms with Crippen molar-refractivity contribution in [3.8, 4) is 23.0 Å². The fourth-order valence-corrected chi connectivity index (χ4v) is 3.85. The summed E-state index contributed by atoms with van der Waals surface area (Å²) in [4.78, 5) is 29.1. The van der Waals surface area contributed by atoms with Gasteiger partial charge >= 0.3 is 11.9 Å². The van der Waals surface area contributed by atoms with E-state index in [0.29, 0.717) is 16.4 Å². The second-order valence-electron chi connectivity index (χ2n) is 8.46. The maximum absolute atomic E-state index is 13.0. The van der Waals surface area contributed by atoms with Gasteiger partial charge in [0.25, 0.3) is 0 Å². The molecule has 0 saturated heterocycles. The van der Waals surface area contributed by atoms with Gasteiger partial charge in [0.05, 0.1) is 20.1 Å². The van der Waals surface area contributed by atoms with E-state index < -0.39 is 24.0 Å². The van der Waals surface area contributed by atoms with Crippen molar-refractivity contribution in [1.82, 2.24) is 4.98 Å². The van der Waals surface area contributed by atoms with Gasteiger partial charge in [-0.2, -0.15) is 0 Å². The zero-order valence-corrected chi connectivity index (χ0v) is 22.0. The first-order valence-corrected chi connectivity index (χ1v) is 11.7. The number of ether oxygens (including phenoxy) is 5. The minimum atomic E-state index is -0.560. The van der Waals surface area contributed by atoms with Crippen LogP contribution < -0.4 is 18.9 Å². The molecule has 35 heavy (non-hydrogen) atoms. The van der Waals surface area contributed by atoms with E-state index in [2.05, 4.69) is 4.98 Å². The SMILES string of the molecule is COc1ccc(O[C@@H](C)[C@H](OC(=O)[C@H](C)CC(=S)c2nccc(OC)c2OC(C)=O)C(C)C)cc1. The topological polar surface area (TPSA) is 93.2 Å². The first-order valence-electron chi connectivity index (χ1n) is 11.3. The van der Waals surface area contributed by atoms with Crippen LogP contribution in [0.4, 0.5) is 0 Å². The van der Waals surface area contributed by atoms with Gasteiger partial charge in [-0.15, -0.1) is 0 Å². The highest BCUT2D eigenvalue weighted by atomic mass is 32.1. The molecule has 0 amide bonds. The van der Waals surface area contributed by atoms with Crippen LogP contribution in [0.2, 0.25) is 0 Å². The van der Waals surface area contributed by atoms with Crippen molar-refractivity contribution in [2.75, 3.05) is 14.2 Å². The van der Waals surface area contributed by atoms with Gasteiger partial charge in [-0.05, 0) is 43.5 Å². The molecule has 8 nitrogen and oxygen atoms in total. The lowest BCUT2D eigenvalue weighted by atomic mass is 10.0. The van der Waals surface area contributed by atoms with Gasteiger partial charge in [0.2, 0.25) is 0 Å². The second kappa shape index (κ2) is 13.0. The molecule has 2 aromatic rings. The lowest BCUT2D eigenvalue weighted by Gasteiger charge is -2.29. The molecule has 0 aliphatic carbocycles. The Labute approximate surface area is 211 Å². The largest absolute Gasteiger partial charge is 0.497 e. The molecule has 1 aromatic heterocycles. The number of nitrogens with zero attached hydrogens (tertiary/aromatic N) is 1. The van der Waals surface area contributed by atoms with Gasteiger partial charge in [-0.1, -0.05) is 33.0 Å². The fourth-order valence-electron chi connectivity index (χ4n) is 3.45. The molecule has 0 aliphatic heterocycles. The Bertz CT molecular complexity index is 1020. The molecular formula is C26H33NO7S. The third kappa shape index (κ3) is 7.92. The molecule has 0 fully saturated rings. The normalized spacial score (nSPS) is 13.4. The van der Waals surface area contributed by atoms with E-state index in [-0.39, 0.29) is 29.9 Å². The van der Waals surface area contributed by atoms with E-state index >= 15 is 0 Å². The molecule has 0 unspecified atom stereocenters. The fraction of sp³-hybridized carbons (Fsp3) is 0.462. The number of esters is 2. The van der Waals surface area contributed by atoms with Gasteiger partial charge < -0.3 is 23.7 Å². The molecule has 3 atom stereocenters. The summed E-state index contributed by atoms with van der Waals surface area (Å²) in [5.41, 5.74) is 0.283. The number of methoxy groups -OCH3 is 2. The summed E-state index contributed by atoms with van der Waals surface area (Å²) in [5, 5.41) is 0. The molecule has 1 aromatic carbocycles. The summed E-state index contributed by atoms with van der Waals surface area (Å²) < 4.78 is 27.6. The predicted octanol–water partition coefficient (Wildman–Crippen LogP) is 4.80. The summed E-state index contributed by atoms with van der Waals surface area (Å²) in [5.74, 6) is 0.353. The van der Waals surface area contributed by atoms with Gasteiger partial charge in [0.1, 0.15) is 29.4 Å². The number of carbonyl (C=O) groups excluding carboxylic acids is 2. The van der Waals surface area contributed by atoms with E-state index in [1.807, 2.05) is 20.8 Å². The molecule has 0 saturated carbocycles. The van der Waals surface area contributed by atoms with Crippen LogP contribution in [-0.4, -0.2) is 48.2 Å². The van der Waals surface area contributed by atoms with Gasteiger partial charge in [-0.25, -0.2) is 0 Å². The number of pyridine rings is 1. The molecule has 9 heteroatoms. The zero-order chi connectivity index (χ0) is 26.1. The number of aromatic nitrogens is 1. The predicted molar refractivity (Wildman–Crippen MR) is 135 cm³/mol. The van der Waals surface area contributed by atoms with Crippen LogP contribution in [0, 0.1) is 11.8 Å². The highest BCUT2D eigenvalue weighted by Crippen LogP contribution is 2.32. The number of carbonyl (C=O) groups is 2. The molecule has 190 valence electrons. The van der Waals surface area contributed by atoms with Crippen LogP contribution in [-0.2, 0) is 14.3 Å². The van der Waals surface area contributed by atoms with Gasteiger partial charge in [0.15, 0.2) is 11.5 Å². The monoisotopic (exact) mass is 503 g/mol. The van der Waals surface area contributed by atoms with Crippen molar-refractivity contribution < 1.29 is 33.3 Å². The van der Waals surface area contributed by atoms with Gasteiger partial charge in [0, 0.05) is 24.1 Å². The first-order chi connectivity index (χ1) is 16.6. The first kappa shape index (κ1) is 28.0. The Morgan fingerprint density at radius 2 is 1.60 bits per heavy atom. The lowest BCUT2D eigenvalue weighted by Crippen LogP contribution is -2.39. The number of hydrogen-bond acceptors (Lipinski definition) is 9. The average Bonchev–Trinajstić information content (AvgIpc) is 2.82. The Kier molecular flexibility index (Phi) is 10.4. The summed E-state index contributed by atoms with van der Waals surface area (Å²) in [7, 11) is 3.05. The minimum absolute atomic E-state index is 0.0157. The average molecular weight is 504 g/mol. The number of benzene rings is 1. The molecule has 0 bridgehead atoms. The number of thiocarbonyl (C=S) groups is 1. The van der Waals surface area contributed by atoms with E-state index in [1.54, 1.807) is 44.4 Å². The Balaban J connectivity index is 2.09. The third-order valence-corrected chi connectivity index (χ3v) is 5.61.